The van der Waals surface area contributed by atoms with Crippen molar-refractivity contribution in [2.75, 3.05) is 0 Å². The van der Waals surface area contributed by atoms with Crippen molar-refractivity contribution in [3.63, 3.8) is 0 Å². The molecular formula is C16H15ClN4. The van der Waals surface area contributed by atoms with Gasteiger partial charge in [0.2, 0.25) is 5.96 Å². The number of halogens is 1. The van der Waals surface area contributed by atoms with Gasteiger partial charge in [0, 0.05) is 5.56 Å². The van der Waals surface area contributed by atoms with Gasteiger partial charge in [-0.2, -0.15) is 5.10 Å². The largest absolute Gasteiger partial charge is 0.369 e. The van der Waals surface area contributed by atoms with E-state index in [2.05, 4.69) is 40.5 Å². The first-order valence-corrected chi connectivity index (χ1v) is 6.28. The lowest BCUT2D eigenvalue weighted by atomic mass is 9.98. The Bertz CT molecular complexity index is 836. The number of benzene rings is 3. The maximum atomic E-state index is 5.27. The second-order valence-electron chi connectivity index (χ2n) is 4.50. The van der Waals surface area contributed by atoms with Crippen LogP contribution in [-0.2, 0) is 0 Å². The van der Waals surface area contributed by atoms with Crippen LogP contribution in [0.2, 0.25) is 0 Å². The molecular weight excluding hydrogens is 284 g/mol. The maximum absolute atomic E-state index is 5.27. The van der Waals surface area contributed by atoms with E-state index in [9.17, 15) is 0 Å². The molecule has 5 heteroatoms. The molecule has 0 bridgehead atoms. The van der Waals surface area contributed by atoms with Crippen LogP contribution < -0.4 is 11.5 Å². The molecule has 21 heavy (non-hydrogen) atoms. The van der Waals surface area contributed by atoms with Crippen LogP contribution in [0, 0.1) is 0 Å². The Morgan fingerprint density at radius 2 is 1.48 bits per heavy atom. The van der Waals surface area contributed by atoms with E-state index in [0.717, 1.165) is 16.3 Å². The summed E-state index contributed by atoms with van der Waals surface area (Å²) in [6, 6.07) is 18.6. The standard InChI is InChI=1S/C16H14N4.ClH/c17-16(18)20-19-10-12-9-11-5-1-2-6-13(11)15-8-4-3-7-14(12)15;/h1-10H,(H4,17,18,20);1H. The van der Waals surface area contributed by atoms with Crippen molar-refractivity contribution >= 4 is 46.1 Å². The number of nitrogens with two attached hydrogens (primary N) is 2. The van der Waals surface area contributed by atoms with Crippen molar-refractivity contribution in [1.82, 2.24) is 0 Å². The van der Waals surface area contributed by atoms with Crippen LogP contribution in [0.3, 0.4) is 0 Å². The van der Waals surface area contributed by atoms with Gasteiger partial charge >= 0.3 is 0 Å². The van der Waals surface area contributed by atoms with Crippen molar-refractivity contribution in [1.29, 1.82) is 0 Å². The summed E-state index contributed by atoms with van der Waals surface area (Å²) in [4.78, 5) is 0. The average molecular weight is 299 g/mol. The van der Waals surface area contributed by atoms with Crippen molar-refractivity contribution in [2.45, 2.75) is 0 Å². The highest BCUT2D eigenvalue weighted by Crippen LogP contribution is 2.27. The Morgan fingerprint density at radius 1 is 0.857 bits per heavy atom. The van der Waals surface area contributed by atoms with Crippen LogP contribution in [0.5, 0.6) is 0 Å². The van der Waals surface area contributed by atoms with Crippen molar-refractivity contribution in [3.8, 4) is 0 Å². The smallest absolute Gasteiger partial charge is 0.211 e. The molecule has 0 aromatic heterocycles. The van der Waals surface area contributed by atoms with Gasteiger partial charge in [0.05, 0.1) is 6.21 Å². The molecule has 0 spiro atoms. The Balaban J connectivity index is 0.00000161. The summed E-state index contributed by atoms with van der Waals surface area (Å²) in [5.74, 6) is -0.0497. The molecule has 0 heterocycles. The Kier molecular flexibility index (Phi) is 4.40. The van der Waals surface area contributed by atoms with E-state index in [0.29, 0.717) is 0 Å². The van der Waals surface area contributed by atoms with E-state index in [4.69, 9.17) is 11.5 Å². The molecule has 0 atom stereocenters. The summed E-state index contributed by atoms with van der Waals surface area (Å²) < 4.78 is 0. The Labute approximate surface area is 128 Å². The molecule has 0 unspecified atom stereocenters. The average Bonchev–Trinajstić information content (AvgIpc) is 2.47. The monoisotopic (exact) mass is 298 g/mol. The minimum Gasteiger partial charge on any atom is -0.369 e. The van der Waals surface area contributed by atoms with Crippen molar-refractivity contribution in [2.24, 2.45) is 21.7 Å². The lowest BCUT2D eigenvalue weighted by molar-refractivity contribution is 1.22. The van der Waals surface area contributed by atoms with E-state index in [1.54, 1.807) is 6.21 Å². The fourth-order valence-electron chi connectivity index (χ4n) is 2.35. The van der Waals surface area contributed by atoms with Crippen molar-refractivity contribution < 1.29 is 0 Å². The predicted molar refractivity (Wildman–Crippen MR) is 92.1 cm³/mol. The summed E-state index contributed by atoms with van der Waals surface area (Å²) in [7, 11) is 0. The lowest BCUT2D eigenvalue weighted by Crippen LogP contribution is -2.21. The molecule has 3 rings (SSSR count). The Morgan fingerprint density at radius 3 is 2.19 bits per heavy atom. The molecule has 0 aliphatic rings. The molecule has 0 radical (unpaired) electrons. The fourth-order valence-corrected chi connectivity index (χ4v) is 2.35. The molecule has 0 amide bonds. The van der Waals surface area contributed by atoms with E-state index < -0.39 is 0 Å². The predicted octanol–water partition coefficient (Wildman–Crippen LogP) is 3.02. The minimum absolute atomic E-state index is 0. The van der Waals surface area contributed by atoms with Gasteiger partial charge in [-0.25, -0.2) is 0 Å². The normalized spacial score (nSPS) is 10.7. The molecule has 0 saturated heterocycles. The lowest BCUT2D eigenvalue weighted by Gasteiger charge is -2.06. The zero-order chi connectivity index (χ0) is 13.9. The molecule has 0 aliphatic carbocycles. The Hall–Kier alpha value is -2.59. The second kappa shape index (κ2) is 6.24. The zero-order valence-electron chi connectivity index (χ0n) is 11.2. The summed E-state index contributed by atoms with van der Waals surface area (Å²) >= 11 is 0. The number of fused-ring (bicyclic) bond motifs is 3. The molecule has 3 aromatic carbocycles. The first kappa shape index (κ1) is 14.8. The van der Waals surface area contributed by atoms with E-state index >= 15 is 0 Å². The topological polar surface area (TPSA) is 76.8 Å². The molecule has 106 valence electrons. The van der Waals surface area contributed by atoms with Crippen LogP contribution in [0.1, 0.15) is 5.56 Å². The van der Waals surface area contributed by atoms with Gasteiger partial charge in [-0.1, -0.05) is 48.5 Å². The second-order valence-corrected chi connectivity index (χ2v) is 4.50. The van der Waals surface area contributed by atoms with Crippen LogP contribution >= 0.6 is 12.4 Å². The first-order valence-electron chi connectivity index (χ1n) is 6.28. The molecule has 0 fully saturated rings. The van der Waals surface area contributed by atoms with Crippen molar-refractivity contribution in [3.05, 3.63) is 60.2 Å². The summed E-state index contributed by atoms with van der Waals surface area (Å²) in [6.07, 6.45) is 1.68. The third kappa shape index (κ3) is 2.95. The van der Waals surface area contributed by atoms with E-state index in [1.807, 2.05) is 24.3 Å². The number of hydrogen-bond donors (Lipinski definition) is 2. The highest BCUT2D eigenvalue weighted by atomic mass is 35.5. The number of rotatable bonds is 2. The third-order valence-electron chi connectivity index (χ3n) is 3.17. The first-order chi connectivity index (χ1) is 9.75. The highest BCUT2D eigenvalue weighted by Gasteiger charge is 2.04. The van der Waals surface area contributed by atoms with Gasteiger partial charge in [0.15, 0.2) is 0 Å². The third-order valence-corrected chi connectivity index (χ3v) is 3.17. The summed E-state index contributed by atoms with van der Waals surface area (Å²) in [5, 5.41) is 12.3. The molecule has 3 aromatic rings. The maximum Gasteiger partial charge on any atom is 0.211 e. The fraction of sp³-hybridized carbons (Fsp3) is 0. The van der Waals surface area contributed by atoms with Crippen LogP contribution in [-0.4, -0.2) is 12.2 Å². The van der Waals surface area contributed by atoms with E-state index in [-0.39, 0.29) is 18.4 Å². The van der Waals surface area contributed by atoms with Gasteiger partial charge in [-0.05, 0) is 27.6 Å². The van der Waals surface area contributed by atoms with E-state index in [1.165, 1.54) is 10.8 Å². The number of nitrogens with zero attached hydrogens (tertiary/aromatic N) is 2. The van der Waals surface area contributed by atoms with Crippen LogP contribution in [0.25, 0.3) is 21.5 Å². The minimum atomic E-state index is -0.0497. The van der Waals surface area contributed by atoms with Gasteiger partial charge < -0.3 is 11.5 Å². The number of guanidine groups is 1. The zero-order valence-corrected chi connectivity index (χ0v) is 12.0. The van der Waals surface area contributed by atoms with Gasteiger partial charge in [-0.3, -0.25) is 0 Å². The molecule has 0 saturated carbocycles. The molecule has 0 aliphatic heterocycles. The highest BCUT2D eigenvalue weighted by molar-refractivity contribution is 6.14. The molecule has 4 N–H and O–H groups in total. The SMILES string of the molecule is Cl.NC(N)=NN=Cc1cc2ccccc2c2ccccc12. The summed E-state index contributed by atoms with van der Waals surface area (Å²) in [5.41, 5.74) is 11.5. The van der Waals surface area contributed by atoms with Crippen LogP contribution in [0.4, 0.5) is 0 Å². The van der Waals surface area contributed by atoms with Crippen LogP contribution in [0.15, 0.2) is 64.8 Å². The quantitative estimate of drug-likeness (QED) is 0.330. The summed E-state index contributed by atoms with van der Waals surface area (Å²) in [6.45, 7) is 0. The van der Waals surface area contributed by atoms with Gasteiger partial charge in [0.25, 0.3) is 0 Å². The van der Waals surface area contributed by atoms with Gasteiger partial charge in [-0.15, -0.1) is 17.5 Å². The van der Waals surface area contributed by atoms with Gasteiger partial charge in [0.1, 0.15) is 0 Å². The number of hydrogen-bond acceptors (Lipinski definition) is 2. The molecule has 4 nitrogen and oxygen atoms in total.